The van der Waals surface area contributed by atoms with Crippen LogP contribution in [0.25, 0.3) is 0 Å². The molecule has 0 saturated carbocycles. The normalized spacial score (nSPS) is 10.4. The van der Waals surface area contributed by atoms with E-state index in [1.54, 1.807) is 25.1 Å². The van der Waals surface area contributed by atoms with Gasteiger partial charge in [-0.15, -0.1) is 0 Å². The van der Waals surface area contributed by atoms with Crippen LogP contribution in [0.1, 0.15) is 28.9 Å². The zero-order valence-electron chi connectivity index (χ0n) is 10.0. The Hall–Kier alpha value is -1.88. The second-order valence-corrected chi connectivity index (χ2v) is 4.12. The fraction of sp³-hybridized carbons (Fsp3) is 0.250. The lowest BCUT2D eigenvalue weighted by molar-refractivity contribution is 0.0994. The maximum Gasteiger partial charge on any atom is 0.293 e. The first-order valence-corrected chi connectivity index (χ1v) is 5.87. The van der Waals surface area contributed by atoms with Crippen LogP contribution in [-0.2, 0) is 6.42 Å². The van der Waals surface area contributed by atoms with E-state index < -0.39 is 5.91 Å². The molecular formula is C12H12ClN3O2. The van der Waals surface area contributed by atoms with Gasteiger partial charge in [0.2, 0.25) is 5.95 Å². The molecule has 0 aliphatic carbocycles. The van der Waals surface area contributed by atoms with Crippen LogP contribution in [0.5, 0.6) is 0 Å². The van der Waals surface area contributed by atoms with Crippen LogP contribution in [0.4, 0.5) is 5.95 Å². The summed E-state index contributed by atoms with van der Waals surface area (Å²) in [5.41, 5.74) is 0.680. The van der Waals surface area contributed by atoms with Crippen molar-refractivity contribution in [2.45, 2.75) is 20.3 Å². The fourth-order valence-electron chi connectivity index (χ4n) is 1.44. The molecule has 5 nitrogen and oxygen atoms in total. The molecule has 0 aliphatic heterocycles. The predicted octanol–water partition coefficient (Wildman–Crippen LogP) is 2.85. The lowest BCUT2D eigenvalue weighted by Crippen LogP contribution is -2.13. The third-order valence-corrected chi connectivity index (χ3v) is 2.48. The number of amides is 1. The molecular weight excluding hydrogens is 254 g/mol. The number of halogens is 1. The van der Waals surface area contributed by atoms with Crippen molar-refractivity contribution >= 4 is 23.5 Å². The van der Waals surface area contributed by atoms with Gasteiger partial charge in [0.15, 0.2) is 5.76 Å². The highest BCUT2D eigenvalue weighted by atomic mass is 35.5. The van der Waals surface area contributed by atoms with Crippen molar-refractivity contribution in [1.82, 2.24) is 9.97 Å². The van der Waals surface area contributed by atoms with Crippen molar-refractivity contribution in [3.63, 3.8) is 0 Å². The summed E-state index contributed by atoms with van der Waals surface area (Å²) >= 11 is 5.78. The largest absolute Gasteiger partial charge is 0.456 e. The van der Waals surface area contributed by atoms with Gasteiger partial charge in [-0.3, -0.25) is 10.1 Å². The number of carbonyl (C=O) groups is 1. The van der Waals surface area contributed by atoms with Crippen LogP contribution >= 0.6 is 11.6 Å². The Labute approximate surface area is 109 Å². The standard InChI is InChI=1S/C12H12ClN3O2/c1-3-8-4-5-9(18-8)11(17)16-12-14-7(2)6-10(13)15-12/h4-6H,3H2,1-2H3,(H,14,15,16,17). The van der Waals surface area contributed by atoms with E-state index in [9.17, 15) is 4.79 Å². The fourth-order valence-corrected chi connectivity index (χ4v) is 1.68. The maximum absolute atomic E-state index is 11.8. The molecule has 2 heterocycles. The summed E-state index contributed by atoms with van der Waals surface area (Å²) in [5, 5.41) is 2.82. The van der Waals surface area contributed by atoms with Crippen LogP contribution in [0.3, 0.4) is 0 Å². The first-order valence-electron chi connectivity index (χ1n) is 5.49. The molecule has 0 fully saturated rings. The van der Waals surface area contributed by atoms with Crippen LogP contribution in [0.15, 0.2) is 22.6 Å². The van der Waals surface area contributed by atoms with Gasteiger partial charge in [-0.25, -0.2) is 9.97 Å². The second-order valence-electron chi connectivity index (χ2n) is 3.73. The molecule has 2 aromatic rings. The molecule has 1 N–H and O–H groups in total. The number of nitrogens with one attached hydrogen (secondary N) is 1. The number of anilines is 1. The number of furan rings is 1. The van der Waals surface area contributed by atoms with E-state index in [4.69, 9.17) is 16.0 Å². The number of aryl methyl sites for hydroxylation is 2. The van der Waals surface area contributed by atoms with Crippen molar-refractivity contribution in [3.05, 3.63) is 40.6 Å². The summed E-state index contributed by atoms with van der Waals surface area (Å²) in [6.45, 7) is 3.72. The van der Waals surface area contributed by atoms with Gasteiger partial charge in [-0.05, 0) is 25.1 Å². The van der Waals surface area contributed by atoms with Crippen LogP contribution in [-0.4, -0.2) is 15.9 Å². The third-order valence-electron chi connectivity index (χ3n) is 2.28. The molecule has 0 aromatic carbocycles. The maximum atomic E-state index is 11.8. The van der Waals surface area contributed by atoms with Gasteiger partial charge in [0.05, 0.1) is 0 Å². The van der Waals surface area contributed by atoms with Gasteiger partial charge in [0.1, 0.15) is 10.9 Å². The number of rotatable bonds is 3. The summed E-state index contributed by atoms with van der Waals surface area (Å²) < 4.78 is 5.33. The van der Waals surface area contributed by atoms with Crippen molar-refractivity contribution in [3.8, 4) is 0 Å². The van der Waals surface area contributed by atoms with Gasteiger partial charge in [-0.1, -0.05) is 18.5 Å². The zero-order chi connectivity index (χ0) is 13.1. The highest BCUT2D eigenvalue weighted by molar-refractivity contribution is 6.29. The number of hydrogen-bond acceptors (Lipinski definition) is 4. The van der Waals surface area contributed by atoms with Crippen LogP contribution < -0.4 is 5.32 Å². The average molecular weight is 266 g/mol. The SMILES string of the molecule is CCc1ccc(C(=O)Nc2nc(C)cc(Cl)n2)o1. The van der Waals surface area contributed by atoms with Gasteiger partial charge < -0.3 is 4.42 Å². The minimum absolute atomic E-state index is 0.166. The molecule has 0 unspecified atom stereocenters. The lowest BCUT2D eigenvalue weighted by Gasteiger charge is -2.02. The molecule has 0 radical (unpaired) electrons. The second kappa shape index (κ2) is 5.18. The quantitative estimate of drug-likeness (QED) is 0.867. The Balaban J connectivity index is 2.15. The smallest absolute Gasteiger partial charge is 0.293 e. The summed E-state index contributed by atoms with van der Waals surface area (Å²) in [4.78, 5) is 19.8. The monoisotopic (exact) mass is 265 g/mol. The summed E-state index contributed by atoms with van der Waals surface area (Å²) in [5.74, 6) is 0.757. The Morgan fingerprint density at radius 3 is 2.83 bits per heavy atom. The molecule has 2 rings (SSSR count). The van der Waals surface area contributed by atoms with E-state index >= 15 is 0 Å². The van der Waals surface area contributed by atoms with E-state index in [1.807, 2.05) is 6.92 Å². The Morgan fingerprint density at radius 1 is 1.44 bits per heavy atom. The van der Waals surface area contributed by atoms with Crippen molar-refractivity contribution in [2.24, 2.45) is 0 Å². The van der Waals surface area contributed by atoms with Gasteiger partial charge in [0.25, 0.3) is 5.91 Å². The topological polar surface area (TPSA) is 68.0 Å². The molecule has 0 saturated heterocycles. The molecule has 0 bridgehead atoms. The Bertz CT molecular complexity index is 560. The van der Waals surface area contributed by atoms with Crippen LogP contribution in [0, 0.1) is 6.92 Å². The van der Waals surface area contributed by atoms with E-state index in [0.717, 1.165) is 12.2 Å². The van der Waals surface area contributed by atoms with Crippen molar-refractivity contribution in [2.75, 3.05) is 5.32 Å². The van der Waals surface area contributed by atoms with E-state index in [0.29, 0.717) is 5.69 Å². The Morgan fingerprint density at radius 2 is 2.22 bits per heavy atom. The zero-order valence-corrected chi connectivity index (χ0v) is 10.8. The molecule has 18 heavy (non-hydrogen) atoms. The van der Waals surface area contributed by atoms with Gasteiger partial charge in [-0.2, -0.15) is 0 Å². The van der Waals surface area contributed by atoms with E-state index in [-0.39, 0.29) is 16.9 Å². The molecule has 2 aromatic heterocycles. The van der Waals surface area contributed by atoms with Gasteiger partial charge in [0, 0.05) is 12.1 Å². The molecule has 0 spiro atoms. The van der Waals surface area contributed by atoms with Crippen LogP contribution in [0.2, 0.25) is 5.15 Å². The van der Waals surface area contributed by atoms with Crippen molar-refractivity contribution < 1.29 is 9.21 Å². The molecule has 0 aliphatic rings. The number of nitrogens with zero attached hydrogens (tertiary/aromatic N) is 2. The summed E-state index contributed by atoms with van der Waals surface area (Å²) in [6.07, 6.45) is 0.736. The van der Waals surface area contributed by atoms with Gasteiger partial charge >= 0.3 is 0 Å². The summed E-state index contributed by atoms with van der Waals surface area (Å²) in [6, 6.07) is 4.99. The molecule has 1 amide bonds. The molecule has 6 heteroatoms. The minimum atomic E-state index is -0.392. The highest BCUT2D eigenvalue weighted by Gasteiger charge is 2.12. The number of aromatic nitrogens is 2. The predicted molar refractivity (Wildman–Crippen MR) is 67.8 cm³/mol. The third kappa shape index (κ3) is 2.87. The first-order chi connectivity index (χ1) is 8.58. The summed E-state index contributed by atoms with van der Waals surface area (Å²) in [7, 11) is 0. The van der Waals surface area contributed by atoms with E-state index in [1.165, 1.54) is 0 Å². The number of hydrogen-bond donors (Lipinski definition) is 1. The minimum Gasteiger partial charge on any atom is -0.456 e. The van der Waals surface area contributed by atoms with Crippen molar-refractivity contribution in [1.29, 1.82) is 0 Å². The lowest BCUT2D eigenvalue weighted by atomic mass is 10.3. The molecule has 94 valence electrons. The molecule has 0 atom stereocenters. The first kappa shape index (κ1) is 12.6. The highest BCUT2D eigenvalue weighted by Crippen LogP contribution is 2.13. The number of carbonyl (C=O) groups excluding carboxylic acids is 1. The van der Waals surface area contributed by atoms with E-state index in [2.05, 4.69) is 15.3 Å². The Kier molecular flexibility index (Phi) is 3.62. The average Bonchev–Trinajstić information content (AvgIpc) is 2.75.